The van der Waals surface area contributed by atoms with Crippen molar-refractivity contribution in [2.45, 2.75) is 86.0 Å². The summed E-state index contributed by atoms with van der Waals surface area (Å²) in [7, 11) is 2.05. The van der Waals surface area contributed by atoms with Gasteiger partial charge < -0.3 is 24.2 Å². The lowest BCUT2D eigenvalue weighted by atomic mass is 9.49. The molecule has 3 aromatic carbocycles. The Balaban J connectivity index is 1.03. The molecule has 1 spiro atoms. The van der Waals surface area contributed by atoms with E-state index in [1.807, 2.05) is 25.2 Å². The summed E-state index contributed by atoms with van der Waals surface area (Å²) in [6.07, 6.45) is 3.34. The minimum Gasteiger partial charge on any atom is -0.477 e. The molecule has 2 aliphatic heterocycles. The first kappa shape index (κ1) is 26.9. The third kappa shape index (κ3) is 3.74. The van der Waals surface area contributed by atoms with Gasteiger partial charge in [-0.15, -0.1) is 0 Å². The van der Waals surface area contributed by atoms with Crippen LogP contribution in [0, 0.1) is 0 Å². The van der Waals surface area contributed by atoms with Crippen LogP contribution in [0.5, 0.6) is 11.5 Å². The molecule has 0 amide bonds. The predicted octanol–water partition coefficient (Wildman–Crippen LogP) is 5.48. The van der Waals surface area contributed by atoms with Crippen molar-refractivity contribution in [3.8, 4) is 11.5 Å². The summed E-state index contributed by atoms with van der Waals surface area (Å²) in [4.78, 5) is 28.7. The van der Waals surface area contributed by atoms with Gasteiger partial charge in [-0.25, -0.2) is 4.79 Å². The average molecular weight is 580 g/mol. The van der Waals surface area contributed by atoms with E-state index in [9.17, 15) is 14.7 Å². The summed E-state index contributed by atoms with van der Waals surface area (Å²) in [6.45, 7) is 0.765. The lowest BCUT2D eigenvalue weighted by Gasteiger charge is -2.61. The molecular formula is C36H37NO6. The second-order valence-electron chi connectivity index (χ2n) is 13.2. The van der Waals surface area contributed by atoms with Gasteiger partial charge in [0.15, 0.2) is 23.4 Å². The number of likely N-dealkylation sites (N-methyl/N-ethyl adjacent to an activating group) is 1. The van der Waals surface area contributed by atoms with Gasteiger partial charge in [-0.05, 0) is 81.3 Å². The largest absolute Gasteiger partial charge is 0.514 e. The molecule has 4 unspecified atom stereocenters. The van der Waals surface area contributed by atoms with E-state index in [1.54, 1.807) is 6.07 Å². The molecule has 3 fully saturated rings. The van der Waals surface area contributed by atoms with Crippen molar-refractivity contribution in [3.63, 3.8) is 0 Å². The van der Waals surface area contributed by atoms with Gasteiger partial charge >= 0.3 is 6.16 Å². The minimum atomic E-state index is -1.07. The molecule has 7 heteroatoms. The van der Waals surface area contributed by atoms with Crippen LogP contribution in [0.4, 0.5) is 4.79 Å². The number of hydrogen-bond donors (Lipinski definition) is 1. The van der Waals surface area contributed by atoms with Crippen LogP contribution in [0.3, 0.4) is 0 Å². The van der Waals surface area contributed by atoms with E-state index in [2.05, 4.69) is 53.4 Å². The fraction of sp³-hybridized carbons (Fsp3) is 0.444. The molecule has 5 aliphatic rings. The van der Waals surface area contributed by atoms with Crippen molar-refractivity contribution >= 4 is 11.9 Å². The molecule has 2 heterocycles. The zero-order valence-corrected chi connectivity index (χ0v) is 24.5. The molecule has 7 nitrogen and oxygen atoms in total. The SMILES string of the molecule is CN1CCC23c4c5ccc(OC(=O)OC6CCC(c7ccccc7)(c7ccccc7)CC6)c4OC2C(=O)CCC3(O)C1C5. The predicted molar refractivity (Wildman–Crippen MR) is 159 cm³/mol. The molecule has 1 N–H and O–H groups in total. The molecule has 2 bridgehead atoms. The maximum absolute atomic E-state index is 13.2. The smallest absolute Gasteiger partial charge is 0.477 e. The van der Waals surface area contributed by atoms with E-state index < -0.39 is 23.3 Å². The van der Waals surface area contributed by atoms with Gasteiger partial charge in [0, 0.05) is 23.4 Å². The van der Waals surface area contributed by atoms with Crippen LogP contribution in [0.1, 0.15) is 67.2 Å². The third-order valence-corrected chi connectivity index (χ3v) is 11.4. The number of likely N-dealkylation sites (tertiary alicyclic amines) is 1. The summed E-state index contributed by atoms with van der Waals surface area (Å²) in [5.74, 6) is 0.693. The maximum atomic E-state index is 13.2. The normalized spacial score (nSPS) is 30.7. The Kier molecular flexibility index (Phi) is 6.05. The number of carbonyl (C=O) groups excluding carboxylic acids is 2. The van der Waals surface area contributed by atoms with Gasteiger partial charge in [0.1, 0.15) is 6.10 Å². The maximum Gasteiger partial charge on any atom is 0.514 e. The summed E-state index contributed by atoms with van der Waals surface area (Å²) < 4.78 is 18.1. The van der Waals surface area contributed by atoms with E-state index in [1.165, 1.54) is 11.1 Å². The third-order valence-electron chi connectivity index (χ3n) is 11.4. The quantitative estimate of drug-likeness (QED) is 0.324. The standard InChI is InChI=1S/C36H37NO6/c1-37-21-20-35-30-23-12-13-28(31(30)43-32(35)27(38)16-19-36(35,40)29(37)22-23)42-33(39)41-26-14-17-34(18-15-26,24-8-4-2-5-9-24)25-10-6-3-7-11-25/h2-13,26,29,32,40H,14-22H2,1H3. The number of carbonyl (C=O) groups is 2. The zero-order chi connectivity index (χ0) is 29.4. The van der Waals surface area contributed by atoms with Crippen LogP contribution in [-0.4, -0.2) is 59.4 Å². The van der Waals surface area contributed by atoms with Gasteiger partial charge in [-0.1, -0.05) is 66.7 Å². The van der Waals surface area contributed by atoms with E-state index in [0.717, 1.165) is 30.5 Å². The van der Waals surface area contributed by atoms with Crippen LogP contribution in [0.15, 0.2) is 72.8 Å². The van der Waals surface area contributed by atoms with Crippen molar-refractivity contribution in [1.29, 1.82) is 0 Å². The van der Waals surface area contributed by atoms with Crippen LogP contribution >= 0.6 is 0 Å². The number of Topliss-reactive ketones (excluding diaryl/α,β-unsaturated/α-hetero) is 1. The molecule has 1 saturated heterocycles. The summed E-state index contributed by atoms with van der Waals surface area (Å²) in [5.41, 5.74) is 2.46. The highest BCUT2D eigenvalue weighted by atomic mass is 16.7. The average Bonchev–Trinajstić information content (AvgIpc) is 3.40. The lowest BCUT2D eigenvalue weighted by Crippen LogP contribution is -2.76. The van der Waals surface area contributed by atoms with Crippen LogP contribution in [0.2, 0.25) is 0 Å². The molecule has 2 saturated carbocycles. The van der Waals surface area contributed by atoms with Crippen LogP contribution in [-0.2, 0) is 26.8 Å². The van der Waals surface area contributed by atoms with Crippen molar-refractivity contribution < 1.29 is 28.9 Å². The molecule has 3 aliphatic carbocycles. The highest BCUT2D eigenvalue weighted by Gasteiger charge is 2.72. The first-order chi connectivity index (χ1) is 20.9. The van der Waals surface area contributed by atoms with Crippen LogP contribution in [0.25, 0.3) is 0 Å². The molecule has 0 radical (unpaired) electrons. The van der Waals surface area contributed by atoms with Crippen molar-refractivity contribution in [3.05, 3.63) is 95.1 Å². The van der Waals surface area contributed by atoms with Gasteiger partial charge in [-0.3, -0.25) is 4.79 Å². The van der Waals surface area contributed by atoms with E-state index >= 15 is 0 Å². The van der Waals surface area contributed by atoms with Crippen molar-refractivity contribution in [1.82, 2.24) is 4.90 Å². The summed E-state index contributed by atoms with van der Waals surface area (Å²) in [6, 6.07) is 24.8. The van der Waals surface area contributed by atoms with Gasteiger partial charge in [0.25, 0.3) is 0 Å². The molecule has 222 valence electrons. The number of hydrogen-bond acceptors (Lipinski definition) is 7. The van der Waals surface area contributed by atoms with Crippen LogP contribution < -0.4 is 9.47 Å². The molecule has 3 aromatic rings. The Labute approximate surface area is 251 Å². The fourth-order valence-electron chi connectivity index (χ4n) is 9.32. The van der Waals surface area contributed by atoms with Crippen molar-refractivity contribution in [2.24, 2.45) is 0 Å². The monoisotopic (exact) mass is 579 g/mol. The zero-order valence-electron chi connectivity index (χ0n) is 24.5. The Morgan fingerprint density at radius 3 is 2.28 bits per heavy atom. The van der Waals surface area contributed by atoms with E-state index in [-0.39, 0.29) is 35.5 Å². The molecular weight excluding hydrogens is 542 g/mol. The van der Waals surface area contributed by atoms with Gasteiger partial charge in [0.2, 0.25) is 0 Å². The number of aliphatic hydroxyl groups is 1. The van der Waals surface area contributed by atoms with Crippen molar-refractivity contribution in [2.75, 3.05) is 13.6 Å². The number of benzene rings is 3. The van der Waals surface area contributed by atoms with Gasteiger partial charge in [-0.2, -0.15) is 0 Å². The Morgan fingerprint density at radius 2 is 1.60 bits per heavy atom. The first-order valence-corrected chi connectivity index (χ1v) is 15.6. The molecule has 43 heavy (non-hydrogen) atoms. The second kappa shape index (κ2) is 9.66. The van der Waals surface area contributed by atoms with E-state index in [4.69, 9.17) is 14.2 Å². The molecule has 8 rings (SSSR count). The highest BCUT2D eigenvalue weighted by molar-refractivity contribution is 5.90. The number of piperidine rings is 1. The van der Waals surface area contributed by atoms with E-state index in [0.29, 0.717) is 37.9 Å². The molecule has 0 aromatic heterocycles. The summed E-state index contributed by atoms with van der Waals surface area (Å²) in [5, 5.41) is 12.2. The number of rotatable bonds is 4. The molecule has 4 atom stereocenters. The number of nitrogens with zero attached hydrogens (tertiary/aromatic N) is 1. The number of ketones is 1. The first-order valence-electron chi connectivity index (χ1n) is 15.6. The fourth-order valence-corrected chi connectivity index (χ4v) is 9.32. The Hall–Kier alpha value is -3.68. The topological polar surface area (TPSA) is 85.3 Å². The summed E-state index contributed by atoms with van der Waals surface area (Å²) >= 11 is 0. The minimum absolute atomic E-state index is 0.00748. The van der Waals surface area contributed by atoms with Gasteiger partial charge in [0.05, 0.1) is 11.0 Å². The highest BCUT2D eigenvalue weighted by Crippen LogP contribution is 2.64. The Morgan fingerprint density at radius 1 is 0.930 bits per heavy atom. The lowest BCUT2D eigenvalue weighted by molar-refractivity contribution is -0.185. The second-order valence-corrected chi connectivity index (χ2v) is 13.2. The number of ether oxygens (including phenoxy) is 3. The Bertz CT molecular complexity index is 1540.